The Kier molecular flexibility index (Phi) is 4.69. The van der Waals surface area contributed by atoms with Crippen molar-refractivity contribution in [3.8, 4) is 0 Å². The van der Waals surface area contributed by atoms with E-state index in [-0.39, 0.29) is 22.1 Å². The molecular weight excluding hydrogens is 371 g/mol. The second kappa shape index (κ2) is 6.73. The lowest BCUT2D eigenvalue weighted by Crippen LogP contribution is -2.31. The molecule has 0 saturated heterocycles. The van der Waals surface area contributed by atoms with Crippen LogP contribution in [0.3, 0.4) is 0 Å². The van der Waals surface area contributed by atoms with Crippen molar-refractivity contribution >= 4 is 27.5 Å². The molecule has 3 rings (SSSR count). The third-order valence-corrected chi connectivity index (χ3v) is 4.33. The Bertz CT molecular complexity index is 731. The largest absolute Gasteiger partial charge is 0.393 e. The van der Waals surface area contributed by atoms with Gasteiger partial charge in [0.25, 0.3) is 0 Å². The number of aliphatic imine (C=N–C) groups is 1. The lowest BCUT2D eigenvalue weighted by molar-refractivity contribution is 0.0424. The molecule has 0 radical (unpaired) electrons. The van der Waals surface area contributed by atoms with Crippen LogP contribution in [0.1, 0.15) is 24.2 Å². The molecular formula is C14H14BrFN4O3. The SMILES string of the molecule is ONC(=Nc1ccc(F)c(Br)c1)c1nonc1CC1CC(O)C1. The molecule has 1 saturated carbocycles. The number of aliphatic hydroxyl groups is 1. The number of hydrogen-bond acceptors (Lipinski definition) is 6. The second-order valence-electron chi connectivity index (χ2n) is 5.43. The lowest BCUT2D eigenvalue weighted by Gasteiger charge is -2.30. The van der Waals surface area contributed by atoms with Crippen LogP contribution in [0.2, 0.25) is 0 Å². The standard InChI is InChI=1S/C14H14BrFN4O3/c15-10-6-8(1-2-11(10)16)17-14(18-22)13-12(19-23-20-13)5-7-3-9(21)4-7/h1-2,6-7,9,21-22H,3-5H2,(H,17,18). The number of nitrogens with zero attached hydrogens (tertiary/aromatic N) is 3. The summed E-state index contributed by atoms with van der Waals surface area (Å²) in [6.07, 6.45) is 1.72. The molecule has 0 bridgehead atoms. The molecule has 2 aromatic rings. The summed E-state index contributed by atoms with van der Waals surface area (Å²) in [5.41, 5.74) is 3.23. The molecule has 122 valence electrons. The molecule has 1 heterocycles. The van der Waals surface area contributed by atoms with Crippen molar-refractivity contribution in [3.05, 3.63) is 39.9 Å². The monoisotopic (exact) mass is 384 g/mol. The molecule has 1 aliphatic rings. The van der Waals surface area contributed by atoms with E-state index in [9.17, 15) is 14.7 Å². The van der Waals surface area contributed by atoms with Crippen molar-refractivity contribution in [2.45, 2.75) is 25.4 Å². The zero-order chi connectivity index (χ0) is 16.4. The highest BCUT2D eigenvalue weighted by molar-refractivity contribution is 9.10. The maximum atomic E-state index is 13.3. The third kappa shape index (κ3) is 3.57. The smallest absolute Gasteiger partial charge is 0.181 e. The molecule has 1 aromatic heterocycles. The molecule has 3 N–H and O–H groups in total. The number of hydrogen-bond donors (Lipinski definition) is 3. The van der Waals surface area contributed by atoms with Gasteiger partial charge in [0.05, 0.1) is 16.3 Å². The summed E-state index contributed by atoms with van der Waals surface area (Å²) in [5.74, 6) is -0.0509. The van der Waals surface area contributed by atoms with Crippen molar-refractivity contribution in [2.24, 2.45) is 10.9 Å². The quantitative estimate of drug-likeness (QED) is 0.424. The van der Waals surface area contributed by atoms with E-state index < -0.39 is 5.82 Å². The first-order valence-electron chi connectivity index (χ1n) is 7.00. The Balaban J connectivity index is 1.84. The molecule has 1 aromatic carbocycles. The number of aromatic nitrogens is 2. The first-order chi connectivity index (χ1) is 11.1. The van der Waals surface area contributed by atoms with Crippen molar-refractivity contribution < 1.29 is 19.3 Å². The fourth-order valence-corrected chi connectivity index (χ4v) is 2.84. The fourth-order valence-electron chi connectivity index (χ4n) is 2.48. The zero-order valence-corrected chi connectivity index (χ0v) is 13.5. The van der Waals surface area contributed by atoms with Gasteiger partial charge >= 0.3 is 0 Å². The minimum Gasteiger partial charge on any atom is -0.393 e. The van der Waals surface area contributed by atoms with Gasteiger partial charge in [-0.2, -0.15) is 0 Å². The van der Waals surface area contributed by atoms with Crippen LogP contribution in [-0.4, -0.2) is 32.6 Å². The van der Waals surface area contributed by atoms with Crippen LogP contribution in [0, 0.1) is 11.7 Å². The molecule has 1 aliphatic carbocycles. The summed E-state index contributed by atoms with van der Waals surface area (Å²) < 4.78 is 18.3. The van der Waals surface area contributed by atoms with Crippen molar-refractivity contribution in [3.63, 3.8) is 0 Å². The lowest BCUT2D eigenvalue weighted by atomic mass is 9.79. The van der Waals surface area contributed by atoms with E-state index in [2.05, 4.69) is 31.2 Å². The number of halogens is 2. The number of hydroxylamine groups is 1. The average molecular weight is 385 g/mol. The van der Waals surface area contributed by atoms with Crippen LogP contribution in [0.4, 0.5) is 10.1 Å². The Morgan fingerprint density at radius 3 is 2.87 bits per heavy atom. The highest BCUT2D eigenvalue weighted by Gasteiger charge is 2.30. The predicted molar refractivity (Wildman–Crippen MR) is 82.0 cm³/mol. The molecule has 23 heavy (non-hydrogen) atoms. The van der Waals surface area contributed by atoms with Gasteiger partial charge in [0.1, 0.15) is 11.5 Å². The summed E-state index contributed by atoms with van der Waals surface area (Å²) in [6, 6.07) is 4.20. The Labute approximate surface area is 139 Å². The van der Waals surface area contributed by atoms with Crippen molar-refractivity contribution in [2.75, 3.05) is 0 Å². The van der Waals surface area contributed by atoms with Gasteiger partial charge in [-0.3, -0.25) is 10.7 Å². The summed E-state index contributed by atoms with van der Waals surface area (Å²) in [7, 11) is 0. The predicted octanol–water partition coefficient (Wildman–Crippen LogP) is 2.34. The van der Waals surface area contributed by atoms with E-state index in [0.29, 0.717) is 36.6 Å². The topological polar surface area (TPSA) is 104 Å². The molecule has 9 heteroatoms. The average Bonchev–Trinajstić information content (AvgIpc) is 2.95. The maximum absolute atomic E-state index is 13.3. The Morgan fingerprint density at radius 2 is 2.22 bits per heavy atom. The van der Waals surface area contributed by atoms with Gasteiger partial charge in [0.2, 0.25) is 0 Å². The summed E-state index contributed by atoms with van der Waals surface area (Å²) in [5, 5.41) is 26.3. The summed E-state index contributed by atoms with van der Waals surface area (Å²) >= 11 is 3.08. The van der Waals surface area contributed by atoms with Crippen LogP contribution in [0.25, 0.3) is 0 Å². The van der Waals surface area contributed by atoms with E-state index in [0.717, 1.165) is 0 Å². The van der Waals surface area contributed by atoms with E-state index in [1.54, 1.807) is 0 Å². The van der Waals surface area contributed by atoms with E-state index in [1.165, 1.54) is 18.2 Å². The number of aliphatic hydroxyl groups excluding tert-OH is 1. The van der Waals surface area contributed by atoms with Gasteiger partial charge in [0.15, 0.2) is 11.5 Å². The number of amidine groups is 1. The van der Waals surface area contributed by atoms with Crippen LogP contribution in [0.15, 0.2) is 32.3 Å². The van der Waals surface area contributed by atoms with Gasteiger partial charge in [-0.25, -0.2) is 14.0 Å². The fraction of sp³-hybridized carbons (Fsp3) is 0.357. The highest BCUT2D eigenvalue weighted by atomic mass is 79.9. The van der Waals surface area contributed by atoms with Gasteiger partial charge < -0.3 is 5.11 Å². The number of rotatable bonds is 4. The third-order valence-electron chi connectivity index (χ3n) is 3.72. The summed E-state index contributed by atoms with van der Waals surface area (Å²) in [4.78, 5) is 4.20. The minimum absolute atomic E-state index is 0.0552. The summed E-state index contributed by atoms with van der Waals surface area (Å²) in [6.45, 7) is 0. The molecule has 7 nitrogen and oxygen atoms in total. The van der Waals surface area contributed by atoms with Gasteiger partial charge in [-0.1, -0.05) is 5.16 Å². The van der Waals surface area contributed by atoms with Gasteiger partial charge in [-0.05, 0) is 64.5 Å². The molecule has 0 amide bonds. The normalized spacial score (nSPS) is 21.1. The maximum Gasteiger partial charge on any atom is 0.181 e. The first kappa shape index (κ1) is 16.0. The van der Waals surface area contributed by atoms with Gasteiger partial charge in [0, 0.05) is 0 Å². The molecule has 0 atom stereocenters. The second-order valence-corrected chi connectivity index (χ2v) is 6.28. The Hall–Kier alpha value is -1.84. The van der Waals surface area contributed by atoms with Gasteiger partial charge in [-0.15, -0.1) is 0 Å². The molecule has 1 fully saturated rings. The number of benzene rings is 1. The molecule has 0 spiro atoms. The van der Waals surface area contributed by atoms with E-state index in [1.807, 2.05) is 5.48 Å². The van der Waals surface area contributed by atoms with Crippen LogP contribution < -0.4 is 5.48 Å². The van der Waals surface area contributed by atoms with Crippen LogP contribution in [0.5, 0.6) is 0 Å². The van der Waals surface area contributed by atoms with Crippen molar-refractivity contribution in [1.82, 2.24) is 15.8 Å². The molecule has 0 aliphatic heterocycles. The molecule has 0 unspecified atom stereocenters. The minimum atomic E-state index is -0.408. The Morgan fingerprint density at radius 1 is 1.43 bits per heavy atom. The zero-order valence-electron chi connectivity index (χ0n) is 11.9. The van der Waals surface area contributed by atoms with Crippen LogP contribution in [-0.2, 0) is 6.42 Å². The van der Waals surface area contributed by atoms with Crippen LogP contribution >= 0.6 is 15.9 Å². The van der Waals surface area contributed by atoms with E-state index >= 15 is 0 Å². The number of nitrogens with one attached hydrogen (secondary N) is 1. The van der Waals surface area contributed by atoms with Crippen molar-refractivity contribution in [1.29, 1.82) is 0 Å². The highest BCUT2D eigenvalue weighted by Crippen LogP contribution is 2.30. The van der Waals surface area contributed by atoms with E-state index in [4.69, 9.17) is 4.63 Å². The first-order valence-corrected chi connectivity index (χ1v) is 7.80.